The summed E-state index contributed by atoms with van der Waals surface area (Å²) >= 11 is -1.74. The Morgan fingerprint density at radius 2 is 1.23 bits per heavy atom. The molecule has 0 aliphatic heterocycles. The van der Waals surface area contributed by atoms with Gasteiger partial charge in [-0.2, -0.15) is 0 Å². The van der Waals surface area contributed by atoms with Crippen molar-refractivity contribution in [1.29, 1.82) is 0 Å². The van der Waals surface area contributed by atoms with Crippen LogP contribution in [0.3, 0.4) is 0 Å². The first-order valence-electron chi connectivity index (χ1n) is 4.19. The molecule has 1 aliphatic carbocycles. The van der Waals surface area contributed by atoms with Crippen LogP contribution in [0.15, 0.2) is 22.3 Å². The van der Waals surface area contributed by atoms with Gasteiger partial charge in [0.15, 0.2) is 0 Å². The molecule has 0 aromatic rings. The van der Waals surface area contributed by atoms with E-state index < -0.39 is 14.0 Å². The summed E-state index contributed by atoms with van der Waals surface area (Å²) in [5.74, 6) is 0. The summed E-state index contributed by atoms with van der Waals surface area (Å²) in [5.41, 5.74) is 5.48. The van der Waals surface area contributed by atoms with Gasteiger partial charge in [-0.3, -0.25) is 0 Å². The Balaban J connectivity index is 3.31. The average molecular weight is 307 g/mol. The Labute approximate surface area is 94.0 Å². The molecule has 13 heavy (non-hydrogen) atoms. The third kappa shape index (κ3) is 1.54. The van der Waals surface area contributed by atoms with Crippen LogP contribution in [0.1, 0.15) is 34.6 Å². The Morgan fingerprint density at radius 1 is 0.923 bits per heavy atom. The summed E-state index contributed by atoms with van der Waals surface area (Å²) in [5, 5.41) is 0. The predicted octanol–water partition coefficient (Wildman–Crippen LogP) is 4.78. The van der Waals surface area contributed by atoms with Crippen LogP contribution in [0, 0.1) is 0 Å². The SMILES string of the molecule is CC1=C(C)[C](C)([Ru-]([Cl])[Cl])C(C)=C1C. The van der Waals surface area contributed by atoms with Crippen molar-refractivity contribution < 1.29 is 14.0 Å². The number of hydrogen-bond donors (Lipinski definition) is 0. The van der Waals surface area contributed by atoms with Gasteiger partial charge in [-0.05, 0) is 0 Å². The van der Waals surface area contributed by atoms with Crippen LogP contribution in [0.5, 0.6) is 0 Å². The quantitative estimate of drug-likeness (QED) is 0.612. The molecule has 0 saturated carbocycles. The van der Waals surface area contributed by atoms with Gasteiger partial charge in [-0.1, -0.05) is 0 Å². The molecule has 0 aromatic heterocycles. The second-order valence-electron chi connectivity index (χ2n) is 3.66. The molecule has 0 atom stereocenters. The molecule has 1 aliphatic rings. The van der Waals surface area contributed by atoms with Crippen molar-refractivity contribution in [3.8, 4) is 0 Å². The van der Waals surface area contributed by atoms with Gasteiger partial charge in [0.1, 0.15) is 0 Å². The summed E-state index contributed by atoms with van der Waals surface area (Å²) in [7, 11) is 12.4. The summed E-state index contributed by atoms with van der Waals surface area (Å²) < 4.78 is -0.0121. The van der Waals surface area contributed by atoms with Crippen LogP contribution >= 0.6 is 19.4 Å². The van der Waals surface area contributed by atoms with Gasteiger partial charge >= 0.3 is 94.3 Å². The zero-order chi connectivity index (χ0) is 10.4. The van der Waals surface area contributed by atoms with E-state index >= 15 is 0 Å². The Morgan fingerprint density at radius 3 is 1.38 bits per heavy atom. The fraction of sp³-hybridized carbons (Fsp3) is 0.600. The molecule has 0 nitrogen and oxygen atoms in total. The molecule has 0 heterocycles. The second kappa shape index (κ2) is 3.68. The summed E-state index contributed by atoms with van der Waals surface area (Å²) in [6.07, 6.45) is 0. The fourth-order valence-corrected chi connectivity index (χ4v) is 5.75. The summed E-state index contributed by atoms with van der Waals surface area (Å²) in [6.45, 7) is 10.8. The van der Waals surface area contributed by atoms with Gasteiger partial charge in [0.25, 0.3) is 0 Å². The molecule has 0 N–H and O–H groups in total. The second-order valence-corrected chi connectivity index (χ2v) is 10.3. The van der Waals surface area contributed by atoms with Crippen molar-refractivity contribution in [1.82, 2.24) is 0 Å². The van der Waals surface area contributed by atoms with E-state index in [-0.39, 0.29) is 4.01 Å². The molecule has 0 bridgehead atoms. The maximum atomic E-state index is 6.19. The first-order chi connectivity index (χ1) is 5.83. The van der Waals surface area contributed by atoms with Crippen LogP contribution in [-0.4, -0.2) is 0 Å². The average Bonchev–Trinajstić information content (AvgIpc) is 2.22. The van der Waals surface area contributed by atoms with Crippen LogP contribution in [-0.2, 0) is 14.0 Å². The number of allylic oxidation sites excluding steroid dienone is 4. The standard InChI is InChI=1S/C10H15.2ClH.Ru/c1-6-7(2)9(4)10(5)8(6)3;;;/h1-5H3;2*1H;/q;;;+1/p-2. The minimum absolute atomic E-state index is 0.0121. The van der Waals surface area contributed by atoms with Gasteiger partial charge in [0, 0.05) is 0 Å². The zero-order valence-corrected chi connectivity index (χ0v) is 11.9. The van der Waals surface area contributed by atoms with Crippen molar-refractivity contribution >= 4 is 19.4 Å². The number of rotatable bonds is 1. The topological polar surface area (TPSA) is 0 Å². The van der Waals surface area contributed by atoms with Crippen molar-refractivity contribution in [2.45, 2.75) is 38.6 Å². The van der Waals surface area contributed by atoms with E-state index in [2.05, 4.69) is 34.6 Å². The molecule has 0 radical (unpaired) electrons. The Kier molecular flexibility index (Phi) is 3.33. The Bertz CT molecular complexity index is 276. The van der Waals surface area contributed by atoms with Crippen molar-refractivity contribution in [2.75, 3.05) is 0 Å². The molecule has 0 amide bonds. The van der Waals surface area contributed by atoms with Crippen molar-refractivity contribution in [3.63, 3.8) is 0 Å². The molecular weight excluding hydrogens is 292 g/mol. The predicted molar refractivity (Wildman–Crippen MR) is 56.8 cm³/mol. The third-order valence-electron chi connectivity index (χ3n) is 3.34. The summed E-state index contributed by atoms with van der Waals surface area (Å²) in [6, 6.07) is 0. The number of hydrogen-bond acceptors (Lipinski definition) is 0. The van der Waals surface area contributed by atoms with Crippen molar-refractivity contribution in [2.24, 2.45) is 0 Å². The van der Waals surface area contributed by atoms with Crippen LogP contribution in [0.4, 0.5) is 0 Å². The molecule has 0 fully saturated rings. The Hall–Kier alpha value is 0.683. The van der Waals surface area contributed by atoms with E-state index in [1.165, 1.54) is 22.3 Å². The maximum absolute atomic E-state index is 6.19. The molecule has 0 saturated heterocycles. The number of halogens is 2. The van der Waals surface area contributed by atoms with E-state index in [1.54, 1.807) is 0 Å². The van der Waals surface area contributed by atoms with Gasteiger partial charge in [-0.15, -0.1) is 0 Å². The van der Waals surface area contributed by atoms with Crippen LogP contribution in [0.25, 0.3) is 0 Å². The minimum atomic E-state index is -1.74. The molecule has 3 heteroatoms. The van der Waals surface area contributed by atoms with Gasteiger partial charge < -0.3 is 0 Å². The zero-order valence-electron chi connectivity index (χ0n) is 8.61. The van der Waals surface area contributed by atoms with E-state index in [0.29, 0.717) is 0 Å². The molecule has 0 unspecified atom stereocenters. The van der Waals surface area contributed by atoms with E-state index in [4.69, 9.17) is 19.4 Å². The van der Waals surface area contributed by atoms with Gasteiger partial charge in [-0.25, -0.2) is 0 Å². The molecular formula is C10H15Cl2Ru-. The monoisotopic (exact) mass is 307 g/mol. The summed E-state index contributed by atoms with van der Waals surface area (Å²) in [4.78, 5) is 0. The first kappa shape index (κ1) is 11.8. The molecule has 0 spiro atoms. The van der Waals surface area contributed by atoms with Gasteiger partial charge in [0.2, 0.25) is 0 Å². The van der Waals surface area contributed by atoms with Gasteiger partial charge in [0.05, 0.1) is 0 Å². The molecule has 78 valence electrons. The van der Waals surface area contributed by atoms with E-state index in [0.717, 1.165) is 0 Å². The molecule has 0 aromatic carbocycles. The fourth-order valence-electron chi connectivity index (χ4n) is 1.74. The van der Waals surface area contributed by atoms with Crippen molar-refractivity contribution in [3.05, 3.63) is 22.3 Å². The van der Waals surface area contributed by atoms with E-state index in [1.807, 2.05) is 0 Å². The third-order valence-corrected chi connectivity index (χ3v) is 9.12. The van der Waals surface area contributed by atoms with Crippen LogP contribution < -0.4 is 0 Å². The van der Waals surface area contributed by atoms with Crippen LogP contribution in [0.2, 0.25) is 4.01 Å². The first-order valence-corrected chi connectivity index (χ1v) is 9.54. The van der Waals surface area contributed by atoms with E-state index in [9.17, 15) is 0 Å². The molecule has 1 rings (SSSR count). The normalized spacial score (nSPS) is 22.8.